The van der Waals surface area contributed by atoms with Gasteiger partial charge in [-0.15, -0.1) is 0 Å². The first-order valence-electron chi connectivity index (χ1n) is 6.89. The Hall–Kier alpha value is -2.40. The Labute approximate surface area is 130 Å². The number of fused-ring (bicyclic) bond motifs is 3. The maximum atomic E-state index is 13.1. The highest BCUT2D eigenvalue weighted by atomic mass is 32.1. The van der Waals surface area contributed by atoms with Crippen LogP contribution in [0.4, 0.5) is 4.39 Å². The molecule has 0 atom stereocenters. The fraction of sp³-hybridized carbons (Fsp3) is 0.118. The highest BCUT2D eigenvalue weighted by Gasteiger charge is 2.17. The summed E-state index contributed by atoms with van der Waals surface area (Å²) < 4.78 is 21.8. The Morgan fingerprint density at radius 3 is 2.64 bits per heavy atom. The molecule has 22 heavy (non-hydrogen) atoms. The van der Waals surface area contributed by atoms with E-state index in [1.54, 1.807) is 30.6 Å². The average molecular weight is 312 g/mol. The van der Waals surface area contributed by atoms with Gasteiger partial charge in [0.25, 0.3) is 0 Å². The molecule has 0 amide bonds. The summed E-state index contributed by atoms with van der Waals surface area (Å²) in [5, 5.41) is 0. The molecule has 5 heteroatoms. The van der Waals surface area contributed by atoms with Crippen LogP contribution in [-0.4, -0.2) is 16.5 Å². The van der Waals surface area contributed by atoms with Crippen LogP contribution in [0.5, 0.6) is 5.75 Å². The summed E-state index contributed by atoms with van der Waals surface area (Å²) >= 11 is 1.62. The number of hydrogen-bond acceptors (Lipinski definition) is 3. The number of aryl methyl sites for hydroxylation is 1. The lowest BCUT2D eigenvalue weighted by atomic mass is 10.1. The molecular weight excluding hydrogens is 299 g/mol. The lowest BCUT2D eigenvalue weighted by Gasteiger charge is -2.04. The third-order valence-corrected chi connectivity index (χ3v) is 4.81. The van der Waals surface area contributed by atoms with Crippen molar-refractivity contribution in [3.05, 3.63) is 54.0 Å². The van der Waals surface area contributed by atoms with Crippen molar-refractivity contribution >= 4 is 26.5 Å². The van der Waals surface area contributed by atoms with Gasteiger partial charge in [0.15, 0.2) is 4.96 Å². The first-order chi connectivity index (χ1) is 10.7. The molecule has 0 unspecified atom stereocenters. The van der Waals surface area contributed by atoms with Crippen molar-refractivity contribution in [2.24, 2.45) is 0 Å². The van der Waals surface area contributed by atoms with Crippen LogP contribution >= 0.6 is 11.3 Å². The van der Waals surface area contributed by atoms with E-state index < -0.39 is 0 Å². The quantitative estimate of drug-likeness (QED) is 0.537. The third-order valence-electron chi connectivity index (χ3n) is 3.80. The van der Waals surface area contributed by atoms with Crippen LogP contribution in [0.25, 0.3) is 26.4 Å². The molecule has 0 aliphatic carbocycles. The molecule has 0 spiro atoms. The molecule has 4 rings (SSSR count). The number of para-hydroxylation sites is 1. The first-order valence-corrected chi connectivity index (χ1v) is 7.71. The molecule has 0 saturated heterocycles. The zero-order valence-electron chi connectivity index (χ0n) is 12.1. The molecule has 0 aliphatic rings. The Balaban J connectivity index is 2.03. The maximum absolute atomic E-state index is 13.1. The molecule has 0 N–H and O–H groups in total. The molecule has 3 nitrogen and oxygen atoms in total. The minimum Gasteiger partial charge on any atom is -0.495 e. The summed E-state index contributed by atoms with van der Waals surface area (Å²) in [6.07, 6.45) is 0. The number of ether oxygens (including phenoxy) is 1. The largest absolute Gasteiger partial charge is 0.495 e. The average Bonchev–Trinajstić information content (AvgIpc) is 3.05. The Morgan fingerprint density at radius 2 is 1.91 bits per heavy atom. The van der Waals surface area contributed by atoms with Crippen LogP contribution in [0.2, 0.25) is 0 Å². The lowest BCUT2D eigenvalue weighted by Crippen LogP contribution is -1.90. The number of benzene rings is 2. The van der Waals surface area contributed by atoms with Gasteiger partial charge in [-0.3, -0.25) is 4.40 Å². The van der Waals surface area contributed by atoms with Crippen molar-refractivity contribution in [3.8, 4) is 17.0 Å². The Morgan fingerprint density at radius 1 is 1.14 bits per heavy atom. The first kappa shape index (κ1) is 13.3. The van der Waals surface area contributed by atoms with Crippen LogP contribution < -0.4 is 4.74 Å². The van der Waals surface area contributed by atoms with E-state index in [-0.39, 0.29) is 5.82 Å². The van der Waals surface area contributed by atoms with Crippen molar-refractivity contribution in [3.63, 3.8) is 0 Å². The number of hydrogen-bond donors (Lipinski definition) is 0. The van der Waals surface area contributed by atoms with Gasteiger partial charge in [0, 0.05) is 11.3 Å². The van der Waals surface area contributed by atoms with E-state index in [1.165, 1.54) is 12.1 Å². The van der Waals surface area contributed by atoms with E-state index in [1.807, 2.05) is 19.1 Å². The number of aromatic nitrogens is 2. The van der Waals surface area contributed by atoms with Gasteiger partial charge in [0.1, 0.15) is 17.1 Å². The van der Waals surface area contributed by atoms with Crippen molar-refractivity contribution < 1.29 is 9.13 Å². The molecule has 4 aromatic rings. The lowest BCUT2D eigenvalue weighted by molar-refractivity contribution is 0.418. The second kappa shape index (κ2) is 4.81. The highest BCUT2D eigenvalue weighted by molar-refractivity contribution is 7.23. The van der Waals surface area contributed by atoms with Crippen molar-refractivity contribution in [1.29, 1.82) is 0 Å². The van der Waals surface area contributed by atoms with Crippen LogP contribution in [0.3, 0.4) is 0 Å². The number of halogens is 1. The second-order valence-corrected chi connectivity index (χ2v) is 6.09. The van der Waals surface area contributed by atoms with E-state index in [9.17, 15) is 4.39 Å². The summed E-state index contributed by atoms with van der Waals surface area (Å²) in [6.45, 7) is 2.03. The van der Waals surface area contributed by atoms with E-state index in [2.05, 4.69) is 10.5 Å². The van der Waals surface area contributed by atoms with Gasteiger partial charge in [-0.1, -0.05) is 17.4 Å². The molecule has 0 aliphatic heterocycles. The molecular formula is C17H13FN2OS. The molecule has 110 valence electrons. The molecule has 0 bridgehead atoms. The highest BCUT2D eigenvalue weighted by Crippen LogP contribution is 2.36. The minimum atomic E-state index is -0.241. The number of methoxy groups -OCH3 is 1. The standard InChI is InChI=1S/C17H13FN2OS/c1-10-15(11-6-8-12(18)9-7-11)19-17-20(10)16-13(21-2)4-3-5-14(16)22-17/h3-9H,1-2H3. The number of nitrogens with zero attached hydrogens (tertiary/aromatic N) is 2. The Bertz CT molecular complexity index is 985. The number of thiazole rings is 1. The minimum absolute atomic E-state index is 0.241. The van der Waals surface area contributed by atoms with Crippen LogP contribution in [0.1, 0.15) is 5.69 Å². The normalized spacial score (nSPS) is 11.4. The molecule has 2 aromatic carbocycles. The topological polar surface area (TPSA) is 26.5 Å². The third kappa shape index (κ3) is 1.82. The second-order valence-electron chi connectivity index (χ2n) is 5.08. The number of rotatable bonds is 2. The van der Waals surface area contributed by atoms with E-state index in [0.29, 0.717) is 0 Å². The van der Waals surface area contributed by atoms with Crippen LogP contribution in [0, 0.1) is 12.7 Å². The predicted octanol–water partition coefficient (Wildman–Crippen LogP) is 4.67. The van der Waals surface area contributed by atoms with Gasteiger partial charge in [-0.05, 0) is 43.3 Å². The van der Waals surface area contributed by atoms with Crippen LogP contribution in [0.15, 0.2) is 42.5 Å². The SMILES string of the molecule is COc1cccc2sc3nc(-c4ccc(F)cc4)c(C)n3c12. The molecule has 0 saturated carbocycles. The zero-order valence-corrected chi connectivity index (χ0v) is 12.9. The predicted molar refractivity (Wildman–Crippen MR) is 87.3 cm³/mol. The summed E-state index contributed by atoms with van der Waals surface area (Å²) in [4.78, 5) is 5.64. The van der Waals surface area contributed by atoms with Crippen molar-refractivity contribution in [2.75, 3.05) is 7.11 Å². The van der Waals surface area contributed by atoms with Crippen molar-refractivity contribution in [2.45, 2.75) is 6.92 Å². The van der Waals surface area contributed by atoms with Crippen molar-refractivity contribution in [1.82, 2.24) is 9.38 Å². The van der Waals surface area contributed by atoms with Gasteiger partial charge in [0.05, 0.1) is 17.5 Å². The molecule has 0 radical (unpaired) electrons. The van der Waals surface area contributed by atoms with E-state index in [0.717, 1.165) is 37.9 Å². The summed E-state index contributed by atoms with van der Waals surface area (Å²) in [5.41, 5.74) is 3.85. The maximum Gasteiger partial charge on any atom is 0.195 e. The fourth-order valence-corrected chi connectivity index (χ4v) is 3.85. The summed E-state index contributed by atoms with van der Waals surface area (Å²) in [5.74, 6) is 0.587. The summed E-state index contributed by atoms with van der Waals surface area (Å²) in [7, 11) is 1.67. The van der Waals surface area contributed by atoms with Gasteiger partial charge < -0.3 is 4.74 Å². The van der Waals surface area contributed by atoms with Gasteiger partial charge >= 0.3 is 0 Å². The molecule has 2 aromatic heterocycles. The molecule has 0 fully saturated rings. The van der Waals surface area contributed by atoms with Gasteiger partial charge in [-0.2, -0.15) is 0 Å². The smallest absolute Gasteiger partial charge is 0.195 e. The van der Waals surface area contributed by atoms with E-state index in [4.69, 9.17) is 9.72 Å². The molecule has 2 heterocycles. The zero-order chi connectivity index (χ0) is 15.3. The van der Waals surface area contributed by atoms with E-state index >= 15 is 0 Å². The van der Waals surface area contributed by atoms with Gasteiger partial charge in [-0.25, -0.2) is 9.37 Å². The fourth-order valence-electron chi connectivity index (χ4n) is 2.76. The van der Waals surface area contributed by atoms with Gasteiger partial charge in [0.2, 0.25) is 0 Å². The monoisotopic (exact) mass is 312 g/mol. The Kier molecular flexibility index (Phi) is 2.90. The number of imidazole rings is 1. The van der Waals surface area contributed by atoms with Crippen LogP contribution in [-0.2, 0) is 0 Å². The summed E-state index contributed by atoms with van der Waals surface area (Å²) in [6, 6.07) is 12.4.